The molecule has 1 saturated heterocycles. The first-order chi connectivity index (χ1) is 13.3. The summed E-state index contributed by atoms with van der Waals surface area (Å²) in [6.07, 6.45) is 0.647. The van der Waals surface area contributed by atoms with Crippen LogP contribution in [0.25, 0.3) is 0 Å². The van der Waals surface area contributed by atoms with Crippen molar-refractivity contribution in [3.05, 3.63) is 60.7 Å². The number of carbonyl (C=O) groups excluding carboxylic acids is 1. The van der Waals surface area contributed by atoms with Gasteiger partial charge in [-0.05, 0) is 28.9 Å². The second-order valence-corrected chi connectivity index (χ2v) is 12.9. The number of ether oxygens (including phenoxy) is 1. The summed E-state index contributed by atoms with van der Waals surface area (Å²) in [5.41, 5.74) is 0. The minimum absolute atomic E-state index is 0.0135. The molecule has 2 atom stereocenters. The zero-order valence-corrected chi connectivity index (χ0v) is 18.5. The van der Waals surface area contributed by atoms with Gasteiger partial charge in [0.2, 0.25) is 0 Å². The van der Waals surface area contributed by atoms with Crippen LogP contribution >= 0.6 is 0 Å². The Morgan fingerprint density at radius 1 is 1.00 bits per heavy atom. The van der Waals surface area contributed by atoms with Gasteiger partial charge in [-0.15, -0.1) is 0 Å². The summed E-state index contributed by atoms with van der Waals surface area (Å²) >= 11 is 0. The van der Waals surface area contributed by atoms with Gasteiger partial charge in [-0.1, -0.05) is 81.4 Å². The highest BCUT2D eigenvalue weighted by Crippen LogP contribution is 2.39. The van der Waals surface area contributed by atoms with Gasteiger partial charge in [0.05, 0.1) is 13.2 Å². The maximum absolute atomic E-state index is 12.2. The largest absolute Gasteiger partial charge is 0.468 e. The first-order valence-electron chi connectivity index (χ1n) is 9.86. The molecule has 0 aliphatic carbocycles. The third-order valence-electron chi connectivity index (χ3n) is 5.74. The van der Waals surface area contributed by atoms with Crippen LogP contribution in [-0.4, -0.2) is 52.0 Å². The molecule has 4 nitrogen and oxygen atoms in total. The van der Waals surface area contributed by atoms with E-state index in [0.29, 0.717) is 6.42 Å². The van der Waals surface area contributed by atoms with Gasteiger partial charge in [0, 0.05) is 6.54 Å². The molecule has 0 saturated carbocycles. The predicted octanol–water partition coefficient (Wildman–Crippen LogP) is 2.81. The number of carbonyl (C=O) groups is 1. The van der Waals surface area contributed by atoms with Crippen LogP contribution in [0.1, 0.15) is 27.2 Å². The van der Waals surface area contributed by atoms with Crippen molar-refractivity contribution in [2.45, 2.75) is 44.4 Å². The van der Waals surface area contributed by atoms with Gasteiger partial charge >= 0.3 is 5.97 Å². The smallest absolute Gasteiger partial charge is 0.323 e. The maximum Gasteiger partial charge on any atom is 0.323 e. The first kappa shape index (κ1) is 20.8. The van der Waals surface area contributed by atoms with Crippen LogP contribution in [0.2, 0.25) is 5.04 Å². The number of hydrogen-bond donors (Lipinski definition) is 0. The number of esters is 1. The van der Waals surface area contributed by atoms with E-state index >= 15 is 0 Å². The molecular weight excluding hydrogens is 366 g/mol. The van der Waals surface area contributed by atoms with E-state index in [1.165, 1.54) is 17.5 Å². The summed E-state index contributed by atoms with van der Waals surface area (Å²) in [6.45, 7) is 7.55. The lowest BCUT2D eigenvalue weighted by molar-refractivity contribution is -0.145. The predicted molar refractivity (Wildman–Crippen MR) is 116 cm³/mol. The van der Waals surface area contributed by atoms with Crippen LogP contribution in [-0.2, 0) is 14.0 Å². The lowest BCUT2D eigenvalue weighted by Crippen LogP contribution is -2.67. The Labute approximate surface area is 169 Å². The van der Waals surface area contributed by atoms with Gasteiger partial charge in [-0.3, -0.25) is 9.69 Å². The zero-order valence-electron chi connectivity index (χ0n) is 17.5. The van der Waals surface area contributed by atoms with Crippen LogP contribution in [0.15, 0.2) is 60.7 Å². The van der Waals surface area contributed by atoms with Gasteiger partial charge in [0.15, 0.2) is 0 Å². The Bertz CT molecular complexity index is 749. The minimum Gasteiger partial charge on any atom is -0.468 e. The normalized spacial score (nSPS) is 20.9. The number of hydrogen-bond acceptors (Lipinski definition) is 4. The molecule has 1 aliphatic heterocycles. The fourth-order valence-corrected chi connectivity index (χ4v) is 9.08. The molecule has 1 aliphatic rings. The molecule has 0 bridgehead atoms. The molecule has 0 N–H and O–H groups in total. The lowest BCUT2D eigenvalue weighted by atomic mass is 10.2. The van der Waals surface area contributed by atoms with E-state index in [9.17, 15) is 4.79 Å². The van der Waals surface area contributed by atoms with Gasteiger partial charge in [0.1, 0.15) is 6.04 Å². The molecule has 0 spiro atoms. The van der Waals surface area contributed by atoms with Crippen LogP contribution in [0, 0.1) is 0 Å². The summed E-state index contributed by atoms with van der Waals surface area (Å²) in [7, 11) is 0.822. The van der Waals surface area contributed by atoms with Crippen molar-refractivity contribution >= 4 is 24.7 Å². The summed E-state index contributed by atoms with van der Waals surface area (Å²) < 4.78 is 12.1. The van der Waals surface area contributed by atoms with E-state index in [4.69, 9.17) is 9.16 Å². The quantitative estimate of drug-likeness (QED) is 0.574. The van der Waals surface area contributed by atoms with E-state index < -0.39 is 8.32 Å². The molecule has 1 fully saturated rings. The monoisotopic (exact) mass is 397 g/mol. The molecule has 3 rings (SSSR count). The van der Waals surface area contributed by atoms with Crippen molar-refractivity contribution in [1.29, 1.82) is 0 Å². The average molecular weight is 398 g/mol. The Morgan fingerprint density at radius 3 is 1.93 bits per heavy atom. The summed E-state index contributed by atoms with van der Waals surface area (Å²) in [6, 6.07) is 21.0. The minimum atomic E-state index is -2.60. The van der Waals surface area contributed by atoms with Gasteiger partial charge < -0.3 is 9.16 Å². The van der Waals surface area contributed by atoms with Crippen molar-refractivity contribution in [2.75, 3.05) is 20.7 Å². The molecular formula is C23H31NO3Si. The van der Waals surface area contributed by atoms with Crippen molar-refractivity contribution in [3.8, 4) is 0 Å². The average Bonchev–Trinajstić information content (AvgIpc) is 3.06. The molecule has 0 amide bonds. The third-order valence-corrected chi connectivity index (χ3v) is 10.8. The molecule has 2 aromatic carbocycles. The molecule has 0 aromatic heterocycles. The molecule has 1 unspecified atom stereocenters. The van der Waals surface area contributed by atoms with Crippen LogP contribution in [0.5, 0.6) is 0 Å². The number of likely N-dealkylation sites (N-methyl/N-ethyl adjacent to an activating group) is 1. The van der Waals surface area contributed by atoms with E-state index in [1.807, 2.05) is 24.1 Å². The third kappa shape index (κ3) is 3.79. The zero-order chi connectivity index (χ0) is 20.4. The molecule has 5 heteroatoms. The molecule has 1 heterocycles. The topological polar surface area (TPSA) is 38.8 Å². The number of methoxy groups -OCH3 is 1. The fraction of sp³-hybridized carbons (Fsp3) is 0.435. The number of likely N-dealkylation sites (tertiary alicyclic amines) is 1. The molecule has 28 heavy (non-hydrogen) atoms. The second-order valence-electron chi connectivity index (χ2n) is 8.62. The Hall–Kier alpha value is -1.95. The Kier molecular flexibility index (Phi) is 6.08. The van der Waals surface area contributed by atoms with E-state index in [1.54, 1.807) is 0 Å². The first-order valence-corrected chi connectivity index (χ1v) is 11.8. The highest BCUT2D eigenvalue weighted by Gasteiger charge is 2.52. The van der Waals surface area contributed by atoms with E-state index in [0.717, 1.165) is 6.54 Å². The highest BCUT2D eigenvalue weighted by atomic mass is 28.4. The number of rotatable bonds is 5. The van der Waals surface area contributed by atoms with Crippen molar-refractivity contribution < 1.29 is 14.0 Å². The second kappa shape index (κ2) is 8.19. The molecule has 0 radical (unpaired) electrons. The highest BCUT2D eigenvalue weighted by molar-refractivity contribution is 6.99. The molecule has 150 valence electrons. The fourth-order valence-electron chi connectivity index (χ4n) is 4.39. The lowest BCUT2D eigenvalue weighted by Gasteiger charge is -2.44. The number of benzene rings is 2. The standard InChI is InChI=1S/C23H31NO3Si/c1-23(2,3)28(19-12-8-6-9-13-19,20-14-10-7-11-15-20)27-18-16-21(22(25)26-5)24(4)17-18/h6-15,18,21H,16-17H2,1-5H3/t18?,21-/m1/s1. The Balaban J connectivity index is 2.06. The van der Waals surface area contributed by atoms with E-state index in [-0.39, 0.29) is 23.2 Å². The summed E-state index contributed by atoms with van der Waals surface area (Å²) in [5, 5.41) is 2.45. The maximum atomic E-state index is 12.2. The Morgan fingerprint density at radius 2 is 1.50 bits per heavy atom. The summed E-state index contributed by atoms with van der Waals surface area (Å²) in [5.74, 6) is -0.184. The van der Waals surface area contributed by atoms with Gasteiger partial charge in [-0.2, -0.15) is 0 Å². The van der Waals surface area contributed by atoms with Gasteiger partial charge in [0.25, 0.3) is 8.32 Å². The summed E-state index contributed by atoms with van der Waals surface area (Å²) in [4.78, 5) is 14.2. The van der Waals surface area contributed by atoms with E-state index in [2.05, 4.69) is 69.3 Å². The van der Waals surface area contributed by atoms with Crippen molar-refractivity contribution in [2.24, 2.45) is 0 Å². The van der Waals surface area contributed by atoms with Crippen molar-refractivity contribution in [1.82, 2.24) is 4.90 Å². The SMILES string of the molecule is COC(=O)[C@H]1CC(O[Si](c2ccccc2)(c2ccccc2)C(C)(C)C)CN1C. The van der Waals surface area contributed by atoms with Crippen LogP contribution in [0.3, 0.4) is 0 Å². The molecule has 2 aromatic rings. The number of nitrogens with zero attached hydrogens (tertiary/aromatic N) is 1. The van der Waals surface area contributed by atoms with Crippen LogP contribution in [0.4, 0.5) is 0 Å². The van der Waals surface area contributed by atoms with Gasteiger partial charge in [-0.25, -0.2) is 0 Å². The van der Waals surface area contributed by atoms with Crippen LogP contribution < -0.4 is 10.4 Å². The van der Waals surface area contributed by atoms with Crippen molar-refractivity contribution in [3.63, 3.8) is 0 Å².